The van der Waals surface area contributed by atoms with Crippen molar-refractivity contribution in [2.75, 3.05) is 31.2 Å². The van der Waals surface area contributed by atoms with Crippen molar-refractivity contribution >= 4 is 17.4 Å². The van der Waals surface area contributed by atoms with Crippen molar-refractivity contribution in [1.82, 2.24) is 9.66 Å². The number of nitriles is 1. The molecule has 0 spiro atoms. The first-order chi connectivity index (χ1) is 15.3. The highest BCUT2D eigenvalue weighted by Gasteiger charge is 2.31. The van der Waals surface area contributed by atoms with E-state index in [0.29, 0.717) is 10.8 Å². The Morgan fingerprint density at radius 2 is 1.97 bits per heavy atom. The molecule has 0 aliphatic rings. The van der Waals surface area contributed by atoms with Gasteiger partial charge >= 0.3 is 6.18 Å². The molecule has 0 aliphatic heterocycles. The first kappa shape index (κ1) is 23.0. The fourth-order valence-corrected chi connectivity index (χ4v) is 3.44. The van der Waals surface area contributed by atoms with E-state index in [1.54, 1.807) is 37.6 Å². The third-order valence-corrected chi connectivity index (χ3v) is 5.15. The molecule has 0 fully saturated rings. The molecule has 2 aromatic carbocycles. The lowest BCUT2D eigenvalue weighted by Crippen LogP contribution is -2.34. The number of rotatable bonds is 6. The fourth-order valence-electron chi connectivity index (χ4n) is 2.92. The summed E-state index contributed by atoms with van der Waals surface area (Å²) < 4.78 is 45.8. The number of hydrogen-bond acceptors (Lipinski definition) is 7. The highest BCUT2D eigenvalue weighted by atomic mass is 32.2. The topological polar surface area (TPSA) is 101 Å². The Bertz CT molecular complexity index is 1220. The summed E-state index contributed by atoms with van der Waals surface area (Å²) >= 11 is 1.18. The zero-order chi connectivity index (χ0) is 23.3. The average molecular weight is 460 g/mol. The highest BCUT2D eigenvalue weighted by molar-refractivity contribution is 7.98. The summed E-state index contributed by atoms with van der Waals surface area (Å²) in [4.78, 5) is 8.63. The normalized spacial score (nSPS) is 11.8. The standard InChI is InChI=1S/C21H19F3N6OS/c1-31-16-8-6-15(7-9-16)27-12-28-20-29-19(32-2)17(11-25)18(30(20)26)13-4-3-5-14(10-13)21(22,23)24/h3-10,27H,12,26H2,1-2H3/b28-20-. The van der Waals surface area contributed by atoms with Gasteiger partial charge in [0.1, 0.15) is 29.1 Å². The zero-order valence-corrected chi connectivity index (χ0v) is 18.0. The van der Waals surface area contributed by atoms with Crippen LogP contribution in [0.5, 0.6) is 5.75 Å². The fraction of sp³-hybridized carbons (Fsp3) is 0.190. The highest BCUT2D eigenvalue weighted by Crippen LogP contribution is 2.33. The van der Waals surface area contributed by atoms with Crippen LogP contribution in [0, 0.1) is 11.3 Å². The second-order valence-electron chi connectivity index (χ2n) is 6.43. The number of anilines is 1. The molecule has 7 nitrogen and oxygen atoms in total. The van der Waals surface area contributed by atoms with Crippen LogP contribution in [0.2, 0.25) is 0 Å². The first-order valence-corrected chi connectivity index (χ1v) is 10.4. The van der Waals surface area contributed by atoms with Crippen molar-refractivity contribution in [1.29, 1.82) is 5.26 Å². The zero-order valence-electron chi connectivity index (χ0n) is 17.1. The van der Waals surface area contributed by atoms with Gasteiger partial charge in [-0.05, 0) is 42.7 Å². The Morgan fingerprint density at radius 1 is 1.25 bits per heavy atom. The second-order valence-corrected chi connectivity index (χ2v) is 7.22. The minimum absolute atomic E-state index is 0.0572. The number of thioether (sulfide) groups is 1. The Kier molecular flexibility index (Phi) is 6.95. The van der Waals surface area contributed by atoms with Crippen molar-refractivity contribution < 1.29 is 17.9 Å². The third kappa shape index (κ3) is 4.97. The number of alkyl halides is 3. The van der Waals surface area contributed by atoms with E-state index in [2.05, 4.69) is 15.3 Å². The lowest BCUT2D eigenvalue weighted by Gasteiger charge is -2.15. The third-order valence-electron chi connectivity index (χ3n) is 4.47. The maximum absolute atomic E-state index is 13.2. The number of benzene rings is 2. The molecular weight excluding hydrogens is 441 g/mol. The average Bonchev–Trinajstić information content (AvgIpc) is 2.79. The van der Waals surface area contributed by atoms with Crippen molar-refractivity contribution in [3.8, 4) is 23.1 Å². The number of nitrogens with two attached hydrogens (primary N) is 1. The van der Waals surface area contributed by atoms with Gasteiger partial charge in [-0.25, -0.2) is 14.7 Å². The predicted molar refractivity (Wildman–Crippen MR) is 116 cm³/mol. The Morgan fingerprint density at radius 3 is 2.56 bits per heavy atom. The minimum Gasteiger partial charge on any atom is -0.497 e. The van der Waals surface area contributed by atoms with Crippen LogP contribution in [0.1, 0.15) is 11.1 Å². The van der Waals surface area contributed by atoms with E-state index in [4.69, 9.17) is 10.6 Å². The van der Waals surface area contributed by atoms with Gasteiger partial charge in [0.2, 0.25) is 5.62 Å². The molecule has 0 radical (unpaired) electrons. The molecule has 3 rings (SSSR count). The molecule has 0 saturated carbocycles. The summed E-state index contributed by atoms with van der Waals surface area (Å²) in [6, 6.07) is 13.8. The number of aromatic nitrogens is 2. The van der Waals surface area contributed by atoms with E-state index in [1.165, 1.54) is 23.9 Å². The van der Waals surface area contributed by atoms with E-state index < -0.39 is 11.7 Å². The Labute approximate surface area is 186 Å². The van der Waals surface area contributed by atoms with Gasteiger partial charge in [-0.3, -0.25) is 0 Å². The van der Waals surface area contributed by atoms with Crippen LogP contribution in [-0.4, -0.2) is 29.7 Å². The molecule has 0 amide bonds. The summed E-state index contributed by atoms with van der Waals surface area (Å²) in [5, 5.41) is 13.0. The molecular formula is C21H19F3N6OS. The van der Waals surface area contributed by atoms with Crippen molar-refractivity contribution in [3.05, 3.63) is 65.3 Å². The van der Waals surface area contributed by atoms with Crippen LogP contribution in [-0.2, 0) is 6.18 Å². The number of methoxy groups -OCH3 is 1. The molecule has 1 heterocycles. The summed E-state index contributed by atoms with van der Waals surface area (Å²) in [6.45, 7) is 0.0955. The minimum atomic E-state index is -4.53. The second kappa shape index (κ2) is 9.65. The molecule has 0 atom stereocenters. The van der Waals surface area contributed by atoms with Gasteiger partial charge in [-0.1, -0.05) is 12.1 Å². The molecule has 0 unspecified atom stereocenters. The van der Waals surface area contributed by atoms with Gasteiger partial charge in [0.25, 0.3) is 0 Å². The number of ether oxygens (including phenoxy) is 1. The monoisotopic (exact) mass is 460 g/mol. The molecule has 3 N–H and O–H groups in total. The number of hydrogen-bond donors (Lipinski definition) is 2. The molecule has 11 heteroatoms. The van der Waals surface area contributed by atoms with Crippen molar-refractivity contribution in [2.45, 2.75) is 11.2 Å². The van der Waals surface area contributed by atoms with E-state index >= 15 is 0 Å². The van der Waals surface area contributed by atoms with Gasteiger partial charge in [-0.2, -0.15) is 18.4 Å². The van der Waals surface area contributed by atoms with Gasteiger partial charge in [0, 0.05) is 11.3 Å². The molecule has 1 aromatic heterocycles. The molecule has 0 bridgehead atoms. The van der Waals surface area contributed by atoms with Crippen LogP contribution >= 0.6 is 11.8 Å². The van der Waals surface area contributed by atoms with Gasteiger partial charge < -0.3 is 15.9 Å². The van der Waals surface area contributed by atoms with Gasteiger partial charge in [0.05, 0.1) is 18.4 Å². The number of nitrogen functional groups attached to an aromatic ring is 1. The summed E-state index contributed by atoms with van der Waals surface area (Å²) in [7, 11) is 1.57. The van der Waals surface area contributed by atoms with Gasteiger partial charge in [-0.15, -0.1) is 11.8 Å². The molecule has 3 aromatic rings. The number of nitrogens with zero attached hydrogens (tertiary/aromatic N) is 4. The maximum atomic E-state index is 13.2. The molecule has 166 valence electrons. The van der Waals surface area contributed by atoms with Crippen LogP contribution < -0.4 is 21.5 Å². The molecule has 0 saturated heterocycles. The number of halogens is 3. The smallest absolute Gasteiger partial charge is 0.416 e. The lowest BCUT2D eigenvalue weighted by atomic mass is 10.0. The van der Waals surface area contributed by atoms with E-state index in [1.807, 2.05) is 6.07 Å². The summed E-state index contributed by atoms with van der Waals surface area (Å²) in [5.74, 6) is 6.87. The van der Waals surface area contributed by atoms with Crippen molar-refractivity contribution in [3.63, 3.8) is 0 Å². The van der Waals surface area contributed by atoms with E-state index in [0.717, 1.165) is 22.5 Å². The number of nitrogens with one attached hydrogen (secondary N) is 1. The van der Waals surface area contributed by atoms with Crippen LogP contribution in [0.4, 0.5) is 18.9 Å². The lowest BCUT2D eigenvalue weighted by molar-refractivity contribution is -0.137. The van der Waals surface area contributed by atoms with E-state index in [9.17, 15) is 18.4 Å². The predicted octanol–water partition coefficient (Wildman–Crippen LogP) is 3.86. The first-order valence-electron chi connectivity index (χ1n) is 9.20. The Balaban J connectivity index is 2.05. The quantitative estimate of drug-likeness (QED) is 0.329. The maximum Gasteiger partial charge on any atom is 0.416 e. The van der Waals surface area contributed by atoms with Crippen LogP contribution in [0.15, 0.2) is 58.5 Å². The van der Waals surface area contributed by atoms with E-state index in [-0.39, 0.29) is 29.1 Å². The summed E-state index contributed by atoms with van der Waals surface area (Å²) in [6.07, 6.45) is -2.83. The molecule has 32 heavy (non-hydrogen) atoms. The van der Waals surface area contributed by atoms with Crippen LogP contribution in [0.25, 0.3) is 11.3 Å². The van der Waals surface area contributed by atoms with Crippen molar-refractivity contribution in [2.24, 2.45) is 4.99 Å². The Hall–Kier alpha value is -3.65. The molecule has 0 aliphatic carbocycles. The largest absolute Gasteiger partial charge is 0.497 e. The van der Waals surface area contributed by atoms with Gasteiger partial charge in [0.15, 0.2) is 0 Å². The van der Waals surface area contributed by atoms with Crippen LogP contribution in [0.3, 0.4) is 0 Å². The summed E-state index contributed by atoms with van der Waals surface area (Å²) in [5.41, 5.74) is 0.288. The SMILES string of the molecule is COc1ccc(NC/N=c2/nc(SC)c(C#N)c(-c3cccc(C(F)(F)F)c3)n2N)cc1.